The second kappa shape index (κ2) is 30.3. The maximum Gasteiger partial charge on any atom is 4.00 e. The molecule has 0 spiro atoms. The van der Waals surface area contributed by atoms with Crippen molar-refractivity contribution >= 4 is 47.8 Å². The van der Waals surface area contributed by atoms with Crippen molar-refractivity contribution < 1.29 is 120 Å². The predicted octanol–water partition coefficient (Wildman–Crippen LogP) is 2.19. The van der Waals surface area contributed by atoms with Crippen molar-refractivity contribution in [2.45, 2.75) is 79.8 Å². The van der Waals surface area contributed by atoms with Crippen LogP contribution >= 0.6 is 0 Å². The van der Waals surface area contributed by atoms with Gasteiger partial charge < -0.3 is 39.6 Å². The van der Waals surface area contributed by atoms with Crippen LogP contribution in [0.2, 0.25) is 0 Å². The summed E-state index contributed by atoms with van der Waals surface area (Å²) in [5, 5.41) is 42.2. The fraction of sp³-hybridized carbons (Fsp3) is 0.273. The minimum atomic E-state index is -1.35. The van der Waals surface area contributed by atoms with Gasteiger partial charge in [-0.25, -0.2) is 19.2 Å². The molecule has 0 N–H and O–H groups in total. The van der Waals surface area contributed by atoms with Crippen LogP contribution in [0.1, 0.15) is 138 Å². The molecule has 0 bridgehead atoms. The Hall–Kier alpha value is -6.81. The van der Waals surface area contributed by atoms with Crippen LogP contribution in [-0.2, 0) is 60.8 Å². The Morgan fingerprint density at radius 1 is 0.323 bits per heavy atom. The summed E-state index contributed by atoms with van der Waals surface area (Å²) in [6.45, 7) is 13.6. The second-order valence-electron chi connectivity index (χ2n) is 13.5. The Balaban J connectivity index is 0.000000836. The summed E-state index contributed by atoms with van der Waals surface area (Å²) in [6, 6.07) is 21.4. The molecule has 0 saturated heterocycles. The summed E-state index contributed by atoms with van der Waals surface area (Å²) < 4.78 is 0. The average molecular weight is 941 g/mol. The zero-order chi connectivity index (χ0) is 48.5. The Morgan fingerprint density at radius 3 is 0.615 bits per heavy atom. The molecule has 344 valence electrons. The maximum absolute atomic E-state index is 11.4. The number of carboxylic acids is 4. The normalized spacial score (nSPS) is 10.0. The Labute approximate surface area is 387 Å². The molecule has 0 amide bonds. The maximum atomic E-state index is 11.4. The fourth-order valence-corrected chi connectivity index (χ4v) is 3.84. The van der Waals surface area contributed by atoms with Gasteiger partial charge in [0.25, 0.3) is 0 Å². The summed E-state index contributed by atoms with van der Waals surface area (Å²) in [5.41, 5.74) is 0.0605. The minimum absolute atomic E-state index is 0. The number of carbonyl (C=O) groups excluding carboxylic acids is 8. The standard InChI is InChI=1S/4C11H12O5.Ti/c4*1-7(2)15-16-11(14)9-5-3-4-8(6-9)10(12)13;/h4*3-7H,1-2H3,(H,12,13);/q;;;;+4/p-4. The molecule has 4 aromatic rings. The number of hydrogen-bond donors (Lipinski definition) is 0. The van der Waals surface area contributed by atoms with Gasteiger partial charge in [-0.05, 0) is 126 Å². The number of aromatic carboxylic acids is 4. The van der Waals surface area contributed by atoms with Crippen molar-refractivity contribution in [3.63, 3.8) is 0 Å². The third kappa shape index (κ3) is 24.0. The molecule has 0 atom stereocenters. The van der Waals surface area contributed by atoms with Crippen LogP contribution in [0.3, 0.4) is 0 Å². The number of carboxylic acid groups (broad SMARTS) is 4. The zero-order valence-corrected chi connectivity index (χ0v) is 37.8. The Bertz CT molecular complexity index is 1910. The molecule has 0 fully saturated rings. The van der Waals surface area contributed by atoms with Gasteiger partial charge in [-0.1, -0.05) is 48.5 Å². The van der Waals surface area contributed by atoms with Gasteiger partial charge in [0.1, 0.15) is 0 Å². The van der Waals surface area contributed by atoms with Crippen LogP contribution in [0.25, 0.3) is 0 Å². The van der Waals surface area contributed by atoms with E-state index in [2.05, 4.69) is 39.1 Å². The van der Waals surface area contributed by atoms with Crippen molar-refractivity contribution in [3.05, 3.63) is 142 Å². The number of benzene rings is 4. The van der Waals surface area contributed by atoms with E-state index in [1.807, 2.05) is 0 Å². The molecule has 4 rings (SSSR count). The van der Waals surface area contributed by atoms with E-state index in [9.17, 15) is 58.8 Å². The average Bonchev–Trinajstić information content (AvgIpc) is 3.26. The molecule has 0 aliphatic carbocycles. The summed E-state index contributed by atoms with van der Waals surface area (Å²) >= 11 is 0. The molecule has 65 heavy (non-hydrogen) atoms. The molecular weight excluding hydrogens is 896 g/mol. The first-order valence-corrected chi connectivity index (χ1v) is 18.8. The molecule has 0 aromatic heterocycles. The van der Waals surface area contributed by atoms with Gasteiger partial charge in [0, 0.05) is 0 Å². The van der Waals surface area contributed by atoms with E-state index in [1.54, 1.807) is 55.4 Å². The van der Waals surface area contributed by atoms with Gasteiger partial charge >= 0.3 is 45.6 Å². The van der Waals surface area contributed by atoms with Crippen molar-refractivity contribution in [2.24, 2.45) is 0 Å². The summed E-state index contributed by atoms with van der Waals surface area (Å²) in [5.74, 6) is -8.35. The van der Waals surface area contributed by atoms with Crippen LogP contribution in [-0.4, -0.2) is 72.2 Å². The number of rotatable bonds is 16. The first-order valence-electron chi connectivity index (χ1n) is 18.8. The third-order valence-corrected chi connectivity index (χ3v) is 6.60. The second-order valence-corrected chi connectivity index (χ2v) is 13.5. The van der Waals surface area contributed by atoms with Crippen LogP contribution in [0.15, 0.2) is 97.1 Å². The monoisotopic (exact) mass is 940 g/mol. The van der Waals surface area contributed by atoms with Crippen molar-refractivity contribution in [1.29, 1.82) is 0 Å². The van der Waals surface area contributed by atoms with E-state index in [0.717, 1.165) is 0 Å². The predicted molar refractivity (Wildman–Crippen MR) is 210 cm³/mol. The van der Waals surface area contributed by atoms with Crippen LogP contribution in [0.5, 0.6) is 0 Å². The molecule has 20 nitrogen and oxygen atoms in total. The molecule has 0 unspecified atom stereocenters. The smallest absolute Gasteiger partial charge is 0.545 e. The molecule has 0 heterocycles. The van der Waals surface area contributed by atoms with E-state index in [-0.39, 0.29) is 90.6 Å². The Morgan fingerprint density at radius 2 is 0.477 bits per heavy atom. The van der Waals surface area contributed by atoms with E-state index < -0.39 is 47.8 Å². The van der Waals surface area contributed by atoms with Crippen molar-refractivity contribution in [3.8, 4) is 0 Å². The van der Waals surface area contributed by atoms with Gasteiger partial charge in [-0.15, -0.1) is 0 Å². The van der Waals surface area contributed by atoms with Crippen LogP contribution in [0.4, 0.5) is 0 Å². The van der Waals surface area contributed by atoms with Gasteiger partial charge in [-0.2, -0.15) is 19.6 Å². The summed E-state index contributed by atoms with van der Waals surface area (Å²) in [6.07, 6.45) is -1.02. The summed E-state index contributed by atoms with van der Waals surface area (Å²) in [7, 11) is 0. The van der Waals surface area contributed by atoms with Crippen LogP contribution < -0.4 is 20.4 Å². The molecule has 21 heteroatoms. The van der Waals surface area contributed by atoms with Crippen LogP contribution in [0, 0.1) is 0 Å². The first-order chi connectivity index (χ1) is 30.0. The largest absolute Gasteiger partial charge is 4.00 e. The molecule has 0 saturated carbocycles. The molecule has 0 aliphatic heterocycles. The molecule has 4 aromatic carbocycles. The van der Waals surface area contributed by atoms with E-state index in [0.29, 0.717) is 0 Å². The topological polar surface area (TPSA) is 303 Å². The van der Waals surface area contributed by atoms with E-state index in [1.165, 1.54) is 97.1 Å². The fourth-order valence-electron chi connectivity index (χ4n) is 3.84. The molecule has 0 aliphatic rings. The van der Waals surface area contributed by atoms with Gasteiger partial charge in [0.15, 0.2) is 0 Å². The first kappa shape index (κ1) is 58.2. The van der Waals surface area contributed by atoms with E-state index in [4.69, 9.17) is 0 Å². The number of carbonyl (C=O) groups is 8. The SMILES string of the molecule is CC(C)OOC(=O)c1cccc(C(=O)[O-])c1.CC(C)OOC(=O)c1cccc(C(=O)[O-])c1.CC(C)OOC(=O)c1cccc(C(=O)[O-])c1.CC(C)OOC(=O)c1cccc(C(=O)[O-])c1.[Ti+4]. The van der Waals surface area contributed by atoms with Gasteiger partial charge in [0.2, 0.25) is 0 Å². The number of hydrogen-bond acceptors (Lipinski definition) is 20. The van der Waals surface area contributed by atoms with Crippen molar-refractivity contribution in [2.75, 3.05) is 0 Å². The minimum Gasteiger partial charge on any atom is -0.545 e. The quantitative estimate of drug-likeness (QED) is 0.0883. The Kier molecular flexibility index (Phi) is 27.1. The van der Waals surface area contributed by atoms with Crippen molar-refractivity contribution in [1.82, 2.24) is 0 Å². The summed E-state index contributed by atoms with van der Waals surface area (Å²) in [4.78, 5) is 124. The molecule has 0 radical (unpaired) electrons. The molecular formula is C44H44O20Ti. The van der Waals surface area contributed by atoms with E-state index >= 15 is 0 Å². The van der Waals surface area contributed by atoms with Gasteiger partial charge in [0.05, 0.1) is 70.5 Å². The zero-order valence-electron chi connectivity index (χ0n) is 36.2. The van der Waals surface area contributed by atoms with Gasteiger partial charge in [-0.3, -0.25) is 19.6 Å². The third-order valence-electron chi connectivity index (χ3n) is 6.60.